The molecular weight excluding hydrogens is 307 g/mol. The van der Waals surface area contributed by atoms with Crippen molar-refractivity contribution in [3.8, 4) is 0 Å². The summed E-state index contributed by atoms with van der Waals surface area (Å²) < 4.78 is 13.2. The average molecular weight is 326 g/mol. The first-order chi connectivity index (χ1) is 11.6. The van der Waals surface area contributed by atoms with E-state index in [4.69, 9.17) is 0 Å². The van der Waals surface area contributed by atoms with Crippen molar-refractivity contribution < 1.29 is 14.3 Å². The van der Waals surface area contributed by atoms with Gasteiger partial charge in [0.1, 0.15) is 5.82 Å². The standard InChI is InChI=1S/C19H19FN2O2/c20-15-3-1-14(2-4-15)19(24)11-16-5-6-17(12-19)22(16)18(23)13-7-9-21-10-8-13/h1-4,7-10,16-17,24H,5-6,11-12H2/t16-,17-/m1/s1. The number of halogens is 1. The lowest BCUT2D eigenvalue weighted by molar-refractivity contribution is -0.0479. The number of hydrogen-bond acceptors (Lipinski definition) is 3. The molecule has 5 heteroatoms. The van der Waals surface area contributed by atoms with Crippen molar-refractivity contribution in [1.82, 2.24) is 9.88 Å². The molecule has 1 aromatic heterocycles. The van der Waals surface area contributed by atoms with Crippen LogP contribution < -0.4 is 0 Å². The van der Waals surface area contributed by atoms with E-state index >= 15 is 0 Å². The van der Waals surface area contributed by atoms with Gasteiger partial charge in [0.15, 0.2) is 0 Å². The largest absolute Gasteiger partial charge is 0.385 e. The van der Waals surface area contributed by atoms with Gasteiger partial charge in [-0.1, -0.05) is 12.1 Å². The fraction of sp³-hybridized carbons (Fsp3) is 0.368. The summed E-state index contributed by atoms with van der Waals surface area (Å²) in [5.41, 5.74) is 0.375. The number of carbonyl (C=O) groups is 1. The highest BCUT2D eigenvalue weighted by Gasteiger charge is 2.50. The Labute approximate surface area is 139 Å². The van der Waals surface area contributed by atoms with Gasteiger partial charge < -0.3 is 10.0 Å². The van der Waals surface area contributed by atoms with Crippen LogP contribution in [0.3, 0.4) is 0 Å². The van der Waals surface area contributed by atoms with Crippen molar-refractivity contribution in [1.29, 1.82) is 0 Å². The molecule has 0 unspecified atom stereocenters. The second-order valence-electron chi connectivity index (χ2n) is 6.78. The van der Waals surface area contributed by atoms with E-state index in [2.05, 4.69) is 4.98 Å². The molecule has 2 aliphatic heterocycles. The number of benzene rings is 1. The number of carbonyl (C=O) groups excluding carboxylic acids is 1. The zero-order valence-corrected chi connectivity index (χ0v) is 13.2. The number of rotatable bonds is 2. The maximum atomic E-state index is 13.2. The molecular formula is C19H19FN2O2. The van der Waals surface area contributed by atoms with Crippen LogP contribution in [0, 0.1) is 5.82 Å². The van der Waals surface area contributed by atoms with Crippen molar-refractivity contribution in [2.45, 2.75) is 43.4 Å². The van der Waals surface area contributed by atoms with Crippen LogP contribution in [0.25, 0.3) is 0 Å². The molecule has 3 heterocycles. The van der Waals surface area contributed by atoms with E-state index in [1.807, 2.05) is 4.90 Å². The number of piperidine rings is 1. The second-order valence-corrected chi connectivity index (χ2v) is 6.78. The van der Waals surface area contributed by atoms with Crippen molar-refractivity contribution >= 4 is 5.91 Å². The molecule has 2 aliphatic rings. The normalized spacial score (nSPS) is 28.8. The predicted molar refractivity (Wildman–Crippen MR) is 86.7 cm³/mol. The third-order valence-corrected chi connectivity index (χ3v) is 5.31. The maximum absolute atomic E-state index is 13.2. The van der Waals surface area contributed by atoms with Crippen molar-refractivity contribution in [3.63, 3.8) is 0 Å². The summed E-state index contributed by atoms with van der Waals surface area (Å²) in [5.74, 6) is -0.304. The quantitative estimate of drug-likeness (QED) is 0.923. The number of nitrogens with zero attached hydrogens (tertiary/aromatic N) is 2. The summed E-state index contributed by atoms with van der Waals surface area (Å²) in [5, 5.41) is 11.1. The number of aliphatic hydroxyl groups is 1. The Bertz CT molecular complexity index is 734. The summed E-state index contributed by atoms with van der Waals surface area (Å²) in [4.78, 5) is 18.7. The Morgan fingerprint density at radius 2 is 1.67 bits per heavy atom. The monoisotopic (exact) mass is 326 g/mol. The second kappa shape index (κ2) is 5.67. The van der Waals surface area contributed by atoms with Gasteiger partial charge in [0.2, 0.25) is 0 Å². The van der Waals surface area contributed by atoms with Crippen LogP contribution >= 0.6 is 0 Å². The highest BCUT2D eigenvalue weighted by atomic mass is 19.1. The fourth-order valence-electron chi connectivity index (χ4n) is 4.20. The minimum atomic E-state index is -0.992. The number of pyridine rings is 1. The first-order valence-electron chi connectivity index (χ1n) is 8.28. The number of amides is 1. The smallest absolute Gasteiger partial charge is 0.254 e. The molecule has 124 valence electrons. The van der Waals surface area contributed by atoms with Gasteiger partial charge in [0.05, 0.1) is 5.60 Å². The van der Waals surface area contributed by atoms with Crippen LogP contribution in [0.1, 0.15) is 41.6 Å². The van der Waals surface area contributed by atoms with Gasteiger partial charge in [-0.15, -0.1) is 0 Å². The fourth-order valence-corrected chi connectivity index (χ4v) is 4.20. The lowest BCUT2D eigenvalue weighted by Crippen LogP contribution is -2.52. The van der Waals surface area contributed by atoms with Gasteiger partial charge in [-0.2, -0.15) is 0 Å². The lowest BCUT2D eigenvalue weighted by atomic mass is 9.80. The molecule has 2 atom stereocenters. The Morgan fingerprint density at radius 1 is 1.08 bits per heavy atom. The summed E-state index contributed by atoms with van der Waals surface area (Å²) in [6.07, 6.45) is 6.01. The van der Waals surface area contributed by atoms with E-state index < -0.39 is 5.60 Å². The molecule has 0 saturated carbocycles. The van der Waals surface area contributed by atoms with Crippen LogP contribution in [0.5, 0.6) is 0 Å². The Hall–Kier alpha value is -2.27. The first-order valence-corrected chi connectivity index (χ1v) is 8.28. The summed E-state index contributed by atoms with van der Waals surface area (Å²) in [6, 6.07) is 9.53. The molecule has 2 saturated heterocycles. The van der Waals surface area contributed by atoms with Gasteiger partial charge in [-0.05, 0) is 42.7 Å². The number of hydrogen-bond donors (Lipinski definition) is 1. The Kier molecular flexibility index (Phi) is 3.61. The van der Waals surface area contributed by atoms with E-state index in [0.717, 1.165) is 18.4 Å². The topological polar surface area (TPSA) is 53.4 Å². The molecule has 4 rings (SSSR count). The van der Waals surface area contributed by atoms with E-state index in [1.54, 1.807) is 36.7 Å². The molecule has 24 heavy (non-hydrogen) atoms. The highest BCUT2D eigenvalue weighted by Crippen LogP contribution is 2.46. The molecule has 4 nitrogen and oxygen atoms in total. The van der Waals surface area contributed by atoms with Crippen LogP contribution in [-0.2, 0) is 5.60 Å². The predicted octanol–water partition coefficient (Wildman–Crippen LogP) is 2.88. The lowest BCUT2D eigenvalue weighted by Gasteiger charge is -2.44. The first kappa shape index (κ1) is 15.3. The van der Waals surface area contributed by atoms with E-state index in [-0.39, 0.29) is 23.8 Å². The Morgan fingerprint density at radius 3 is 2.25 bits per heavy atom. The third-order valence-electron chi connectivity index (χ3n) is 5.31. The number of fused-ring (bicyclic) bond motifs is 2. The molecule has 1 N–H and O–H groups in total. The van der Waals surface area contributed by atoms with Gasteiger partial charge in [0, 0.05) is 42.9 Å². The summed E-state index contributed by atoms with van der Waals surface area (Å²) >= 11 is 0. The minimum Gasteiger partial charge on any atom is -0.385 e. The van der Waals surface area contributed by atoms with Crippen LogP contribution in [0.4, 0.5) is 4.39 Å². The van der Waals surface area contributed by atoms with Gasteiger partial charge in [-0.3, -0.25) is 9.78 Å². The zero-order chi connectivity index (χ0) is 16.7. The van der Waals surface area contributed by atoms with Crippen molar-refractivity contribution in [2.75, 3.05) is 0 Å². The maximum Gasteiger partial charge on any atom is 0.254 e. The molecule has 0 radical (unpaired) electrons. The van der Waals surface area contributed by atoms with Crippen LogP contribution in [-0.4, -0.2) is 33.0 Å². The molecule has 0 spiro atoms. The molecule has 2 aromatic rings. The summed E-state index contributed by atoms with van der Waals surface area (Å²) in [6.45, 7) is 0. The summed E-state index contributed by atoms with van der Waals surface area (Å²) in [7, 11) is 0. The molecule has 2 fully saturated rings. The highest BCUT2D eigenvalue weighted by molar-refractivity contribution is 5.94. The van der Waals surface area contributed by atoms with Crippen LogP contribution in [0.2, 0.25) is 0 Å². The number of aromatic nitrogens is 1. The van der Waals surface area contributed by atoms with E-state index in [0.29, 0.717) is 18.4 Å². The third kappa shape index (κ3) is 2.49. The van der Waals surface area contributed by atoms with Gasteiger partial charge in [0.25, 0.3) is 5.91 Å². The molecule has 1 amide bonds. The zero-order valence-electron chi connectivity index (χ0n) is 13.2. The minimum absolute atomic E-state index is 0.00561. The van der Waals surface area contributed by atoms with Crippen molar-refractivity contribution in [3.05, 3.63) is 65.7 Å². The Balaban J connectivity index is 1.60. The average Bonchev–Trinajstić information content (AvgIpc) is 2.87. The van der Waals surface area contributed by atoms with E-state index in [1.165, 1.54) is 12.1 Å². The van der Waals surface area contributed by atoms with Gasteiger partial charge in [-0.25, -0.2) is 4.39 Å². The molecule has 0 aliphatic carbocycles. The molecule has 1 aromatic carbocycles. The SMILES string of the molecule is O=C(c1ccncc1)N1[C@@H]2CC[C@@H]1CC(O)(c1ccc(F)cc1)C2. The van der Waals surface area contributed by atoms with Crippen molar-refractivity contribution in [2.24, 2.45) is 0 Å². The molecule has 2 bridgehead atoms. The van der Waals surface area contributed by atoms with Crippen LogP contribution in [0.15, 0.2) is 48.8 Å². The van der Waals surface area contributed by atoms with E-state index in [9.17, 15) is 14.3 Å². The van der Waals surface area contributed by atoms with Gasteiger partial charge >= 0.3 is 0 Å².